The molecular weight excluding hydrogens is 314 g/mol. The van der Waals surface area contributed by atoms with Crippen LogP contribution in [0.3, 0.4) is 0 Å². The number of urea groups is 1. The van der Waals surface area contributed by atoms with Gasteiger partial charge < -0.3 is 14.8 Å². The molecular formula is C20H25N3O2. The second-order valence-electron chi connectivity index (χ2n) is 7.45. The minimum absolute atomic E-state index is 0.0404. The van der Waals surface area contributed by atoms with Crippen LogP contribution < -0.4 is 10.9 Å². The molecule has 1 aromatic heterocycles. The van der Waals surface area contributed by atoms with Crippen LogP contribution in [-0.2, 0) is 13.6 Å². The van der Waals surface area contributed by atoms with E-state index in [1.165, 1.54) is 0 Å². The summed E-state index contributed by atoms with van der Waals surface area (Å²) in [6.45, 7) is 7.17. The Labute approximate surface area is 148 Å². The first kappa shape index (κ1) is 17.3. The van der Waals surface area contributed by atoms with Crippen molar-refractivity contribution in [3.63, 3.8) is 0 Å². The van der Waals surface area contributed by atoms with Gasteiger partial charge in [-0.1, -0.05) is 50.2 Å². The van der Waals surface area contributed by atoms with Crippen LogP contribution in [-0.4, -0.2) is 22.0 Å². The van der Waals surface area contributed by atoms with Gasteiger partial charge in [0.2, 0.25) is 0 Å². The lowest BCUT2D eigenvalue weighted by Crippen LogP contribution is -2.60. The highest BCUT2D eigenvalue weighted by Gasteiger charge is 2.48. The number of nitrogens with one attached hydrogen (secondary N) is 1. The molecule has 132 valence electrons. The van der Waals surface area contributed by atoms with E-state index in [-0.39, 0.29) is 29.6 Å². The largest absolute Gasteiger partial charge is 0.334 e. The monoisotopic (exact) mass is 339 g/mol. The second kappa shape index (κ2) is 6.39. The number of benzene rings is 1. The van der Waals surface area contributed by atoms with Crippen LogP contribution in [0.15, 0.2) is 47.3 Å². The fourth-order valence-electron chi connectivity index (χ4n) is 3.57. The lowest BCUT2D eigenvalue weighted by atomic mass is 9.72. The number of carbonyl (C=O) groups excluding carboxylic acids is 1. The standard InChI is InChI=1S/C20H25N3O2/c1-14-10-11-16(18(24)22(14)4)12-21-19(25)23-13-20(2,3)17(23)15-8-6-5-7-9-15/h5-11,17H,12-13H2,1-4H3,(H,21,25). The lowest BCUT2D eigenvalue weighted by molar-refractivity contribution is -0.0165. The molecule has 1 unspecified atom stereocenters. The van der Waals surface area contributed by atoms with Crippen LogP contribution in [0.2, 0.25) is 0 Å². The average Bonchev–Trinajstić information content (AvgIpc) is 2.58. The first-order valence-corrected chi connectivity index (χ1v) is 8.56. The zero-order chi connectivity index (χ0) is 18.2. The average molecular weight is 339 g/mol. The third-order valence-electron chi connectivity index (χ3n) is 5.07. The molecule has 0 radical (unpaired) electrons. The summed E-state index contributed by atoms with van der Waals surface area (Å²) in [4.78, 5) is 26.7. The number of pyridine rings is 1. The molecule has 3 rings (SSSR count). The fraction of sp³-hybridized carbons (Fsp3) is 0.400. The molecule has 1 fully saturated rings. The number of nitrogens with zero attached hydrogens (tertiary/aromatic N) is 2. The Morgan fingerprint density at radius 1 is 1.20 bits per heavy atom. The number of amides is 2. The molecule has 5 nitrogen and oxygen atoms in total. The van der Waals surface area contributed by atoms with Crippen molar-refractivity contribution in [2.75, 3.05) is 6.54 Å². The Hall–Kier alpha value is -2.56. The molecule has 1 aromatic carbocycles. The van der Waals surface area contributed by atoms with E-state index in [9.17, 15) is 9.59 Å². The third-order valence-corrected chi connectivity index (χ3v) is 5.07. The first-order valence-electron chi connectivity index (χ1n) is 8.56. The van der Waals surface area contributed by atoms with Crippen molar-refractivity contribution < 1.29 is 4.79 Å². The summed E-state index contributed by atoms with van der Waals surface area (Å²) in [5.74, 6) is 0. The van der Waals surface area contributed by atoms with E-state index in [4.69, 9.17) is 0 Å². The summed E-state index contributed by atoms with van der Waals surface area (Å²) >= 11 is 0. The summed E-state index contributed by atoms with van der Waals surface area (Å²) in [7, 11) is 1.74. The van der Waals surface area contributed by atoms with Crippen LogP contribution in [0, 0.1) is 12.3 Å². The van der Waals surface area contributed by atoms with Crippen LogP contribution >= 0.6 is 0 Å². The molecule has 1 N–H and O–H groups in total. The Kier molecular flexibility index (Phi) is 4.41. The van der Waals surface area contributed by atoms with Gasteiger partial charge in [0.1, 0.15) is 0 Å². The Morgan fingerprint density at radius 3 is 2.52 bits per heavy atom. The molecule has 1 aliphatic rings. The van der Waals surface area contributed by atoms with Gasteiger partial charge in [0, 0.05) is 36.8 Å². The minimum Gasteiger partial charge on any atom is -0.334 e. The summed E-state index contributed by atoms with van der Waals surface area (Å²) in [6, 6.07) is 13.7. The molecule has 1 aliphatic heterocycles. The maximum absolute atomic E-state index is 12.6. The van der Waals surface area contributed by atoms with Crippen LogP contribution in [0.25, 0.3) is 0 Å². The zero-order valence-electron chi connectivity index (χ0n) is 15.2. The SMILES string of the molecule is Cc1ccc(CNC(=O)N2CC(C)(C)C2c2ccccc2)c(=O)n1C. The molecule has 1 saturated heterocycles. The summed E-state index contributed by atoms with van der Waals surface area (Å²) < 4.78 is 1.60. The zero-order valence-corrected chi connectivity index (χ0v) is 15.2. The van der Waals surface area contributed by atoms with Crippen molar-refractivity contribution in [2.24, 2.45) is 12.5 Å². The van der Waals surface area contributed by atoms with Gasteiger partial charge >= 0.3 is 6.03 Å². The molecule has 2 amide bonds. The number of aryl methyl sites for hydroxylation is 1. The number of carbonyl (C=O) groups is 1. The van der Waals surface area contributed by atoms with Crippen molar-refractivity contribution in [2.45, 2.75) is 33.4 Å². The van der Waals surface area contributed by atoms with Gasteiger partial charge in [-0.2, -0.15) is 0 Å². The summed E-state index contributed by atoms with van der Waals surface area (Å²) in [6.07, 6.45) is 0. The van der Waals surface area contributed by atoms with Crippen molar-refractivity contribution in [1.82, 2.24) is 14.8 Å². The summed E-state index contributed by atoms with van der Waals surface area (Å²) in [5, 5.41) is 2.90. The van der Waals surface area contributed by atoms with Crippen molar-refractivity contribution in [3.05, 3.63) is 69.6 Å². The number of hydrogen-bond donors (Lipinski definition) is 1. The van der Waals surface area contributed by atoms with Gasteiger partial charge in [-0.3, -0.25) is 4.79 Å². The number of rotatable bonds is 3. The predicted octanol–water partition coefficient (Wildman–Crippen LogP) is 2.99. The Morgan fingerprint density at radius 2 is 1.88 bits per heavy atom. The highest BCUT2D eigenvalue weighted by Crippen LogP contribution is 2.48. The molecule has 1 atom stereocenters. The van der Waals surface area contributed by atoms with E-state index in [1.54, 1.807) is 17.7 Å². The normalized spacial score (nSPS) is 18.6. The second-order valence-corrected chi connectivity index (χ2v) is 7.45. The molecule has 0 saturated carbocycles. The lowest BCUT2D eigenvalue weighted by Gasteiger charge is -2.54. The van der Waals surface area contributed by atoms with Gasteiger partial charge in [0.25, 0.3) is 5.56 Å². The number of aromatic nitrogens is 1. The topological polar surface area (TPSA) is 54.3 Å². The van der Waals surface area contributed by atoms with Gasteiger partial charge in [-0.25, -0.2) is 4.79 Å². The van der Waals surface area contributed by atoms with E-state index in [0.717, 1.165) is 11.3 Å². The van der Waals surface area contributed by atoms with Gasteiger partial charge in [0.05, 0.1) is 6.04 Å². The Balaban J connectivity index is 1.72. The molecule has 0 bridgehead atoms. The molecule has 2 aromatic rings. The molecule has 2 heterocycles. The van der Waals surface area contributed by atoms with Crippen LogP contribution in [0.5, 0.6) is 0 Å². The fourth-order valence-corrected chi connectivity index (χ4v) is 3.57. The van der Waals surface area contributed by atoms with Gasteiger partial charge in [0.15, 0.2) is 0 Å². The highest BCUT2D eigenvalue weighted by atomic mass is 16.2. The quantitative estimate of drug-likeness (QED) is 0.935. The van der Waals surface area contributed by atoms with E-state index in [0.29, 0.717) is 12.1 Å². The van der Waals surface area contributed by atoms with Crippen LogP contribution in [0.1, 0.15) is 36.7 Å². The minimum atomic E-state index is -0.129. The molecule has 0 aliphatic carbocycles. The van der Waals surface area contributed by atoms with Gasteiger partial charge in [-0.15, -0.1) is 0 Å². The van der Waals surface area contributed by atoms with Crippen molar-refractivity contribution >= 4 is 6.03 Å². The molecule has 25 heavy (non-hydrogen) atoms. The van der Waals surface area contributed by atoms with Crippen LogP contribution in [0.4, 0.5) is 4.79 Å². The highest BCUT2D eigenvalue weighted by molar-refractivity contribution is 5.76. The smallest absolute Gasteiger partial charge is 0.318 e. The van der Waals surface area contributed by atoms with E-state index >= 15 is 0 Å². The molecule has 0 spiro atoms. The first-order chi connectivity index (χ1) is 11.8. The maximum Gasteiger partial charge on any atom is 0.318 e. The van der Waals surface area contributed by atoms with Crippen molar-refractivity contribution in [3.8, 4) is 0 Å². The molecule has 5 heteroatoms. The summed E-state index contributed by atoms with van der Waals surface area (Å²) in [5.41, 5.74) is 2.61. The number of hydrogen-bond acceptors (Lipinski definition) is 2. The van der Waals surface area contributed by atoms with E-state index in [1.807, 2.05) is 36.1 Å². The predicted molar refractivity (Wildman–Crippen MR) is 98.3 cm³/mol. The third kappa shape index (κ3) is 3.18. The van der Waals surface area contributed by atoms with Gasteiger partial charge in [-0.05, 0) is 18.6 Å². The van der Waals surface area contributed by atoms with E-state index in [2.05, 4.69) is 31.3 Å². The Bertz CT molecular complexity index is 840. The van der Waals surface area contributed by atoms with Crippen molar-refractivity contribution in [1.29, 1.82) is 0 Å². The van der Waals surface area contributed by atoms with E-state index < -0.39 is 0 Å². The number of likely N-dealkylation sites (tertiary alicyclic amines) is 1. The maximum atomic E-state index is 12.6.